The van der Waals surface area contributed by atoms with Gasteiger partial charge in [-0.05, 0) is 25.1 Å². The van der Waals surface area contributed by atoms with Gasteiger partial charge in [0.15, 0.2) is 5.69 Å². The van der Waals surface area contributed by atoms with E-state index in [0.717, 1.165) is 0 Å². The van der Waals surface area contributed by atoms with Crippen LogP contribution in [0.15, 0.2) is 33.2 Å². The number of hydrogen-bond acceptors (Lipinski definition) is 6. The Hall–Kier alpha value is -2.89. The topological polar surface area (TPSA) is 128 Å². The predicted molar refractivity (Wildman–Crippen MR) is 90.1 cm³/mol. The van der Waals surface area contributed by atoms with E-state index in [4.69, 9.17) is 33.6 Å². The molecule has 0 saturated carbocycles. The summed E-state index contributed by atoms with van der Waals surface area (Å²) >= 11 is 11.7. The van der Waals surface area contributed by atoms with Gasteiger partial charge in [-0.3, -0.25) is 14.2 Å². The lowest BCUT2D eigenvalue weighted by molar-refractivity contribution is -0.137. The number of hydrogen-bond donors (Lipinski definition) is 2. The van der Waals surface area contributed by atoms with E-state index in [0.29, 0.717) is 15.3 Å². The van der Waals surface area contributed by atoms with Gasteiger partial charge in [-0.15, -0.1) is 5.11 Å². The van der Waals surface area contributed by atoms with Gasteiger partial charge in [-0.2, -0.15) is 10.4 Å². The summed E-state index contributed by atoms with van der Waals surface area (Å²) in [5.74, 6) is -2.10. The Balaban J connectivity index is 2.62. The molecule has 0 radical (unpaired) electrons. The summed E-state index contributed by atoms with van der Waals surface area (Å²) in [5, 5.41) is 36.2. The Morgan fingerprint density at radius 1 is 1.32 bits per heavy atom. The molecule has 1 heterocycles. The Kier molecular flexibility index (Phi) is 5.41. The molecular formula is C15H10Cl2N4O4. The van der Waals surface area contributed by atoms with E-state index in [1.807, 2.05) is 0 Å². The Morgan fingerprint density at radius 3 is 2.56 bits per heavy atom. The maximum atomic E-state index is 12.4. The van der Waals surface area contributed by atoms with Crippen molar-refractivity contribution in [3.05, 3.63) is 49.7 Å². The molecule has 0 amide bonds. The van der Waals surface area contributed by atoms with Crippen molar-refractivity contribution in [2.24, 2.45) is 10.2 Å². The van der Waals surface area contributed by atoms with Crippen LogP contribution in [0.2, 0.25) is 10.0 Å². The monoisotopic (exact) mass is 380 g/mol. The lowest BCUT2D eigenvalue weighted by atomic mass is 10.1. The summed E-state index contributed by atoms with van der Waals surface area (Å²) in [5.41, 5.74) is -1.04. The van der Waals surface area contributed by atoms with Crippen molar-refractivity contribution in [3.63, 3.8) is 0 Å². The minimum Gasteiger partial charge on any atom is -0.493 e. The lowest BCUT2D eigenvalue weighted by Crippen LogP contribution is -2.25. The normalized spacial score (nSPS) is 10.8. The molecule has 1 aromatic carbocycles. The Morgan fingerprint density at radius 2 is 2.00 bits per heavy atom. The third-order valence-corrected chi connectivity index (χ3v) is 3.97. The first-order chi connectivity index (χ1) is 11.8. The minimum atomic E-state index is -1.36. The van der Waals surface area contributed by atoms with Gasteiger partial charge in [0.1, 0.15) is 18.2 Å². The highest BCUT2D eigenvalue weighted by Gasteiger charge is 2.20. The van der Waals surface area contributed by atoms with Crippen LogP contribution in [0, 0.1) is 18.3 Å². The third kappa shape index (κ3) is 3.79. The van der Waals surface area contributed by atoms with Crippen molar-refractivity contribution in [3.8, 4) is 11.9 Å². The van der Waals surface area contributed by atoms with Crippen LogP contribution in [0.1, 0.15) is 11.1 Å². The van der Waals surface area contributed by atoms with Gasteiger partial charge >= 0.3 is 5.97 Å². The van der Waals surface area contributed by atoms with E-state index in [2.05, 4.69) is 10.2 Å². The molecule has 25 heavy (non-hydrogen) atoms. The van der Waals surface area contributed by atoms with Gasteiger partial charge < -0.3 is 10.2 Å². The number of carboxylic acids is 1. The fourth-order valence-electron chi connectivity index (χ4n) is 1.99. The molecule has 0 fully saturated rings. The third-order valence-electron chi connectivity index (χ3n) is 3.23. The van der Waals surface area contributed by atoms with E-state index in [9.17, 15) is 14.7 Å². The SMILES string of the molecule is Cc1c(C#N)c(O)n(CC(=O)O)c(=O)c1N=Nc1ccc(Cl)c(Cl)c1. The molecule has 1 aromatic heterocycles. The number of azo groups is 1. The molecule has 2 aromatic rings. The first-order valence-electron chi connectivity index (χ1n) is 6.71. The molecule has 8 nitrogen and oxygen atoms in total. The Labute approximate surface area is 151 Å². The van der Waals surface area contributed by atoms with Crippen molar-refractivity contribution in [1.82, 2.24) is 4.57 Å². The van der Waals surface area contributed by atoms with Gasteiger partial charge in [0.25, 0.3) is 5.56 Å². The quantitative estimate of drug-likeness (QED) is 0.783. The lowest BCUT2D eigenvalue weighted by Gasteiger charge is -2.10. The number of rotatable bonds is 4. The number of aromatic nitrogens is 1. The molecule has 0 aliphatic heterocycles. The molecule has 2 N–H and O–H groups in total. The average Bonchev–Trinajstić information content (AvgIpc) is 2.55. The molecule has 0 bridgehead atoms. The zero-order valence-electron chi connectivity index (χ0n) is 12.7. The average molecular weight is 381 g/mol. The number of carbonyl (C=O) groups is 1. The van der Waals surface area contributed by atoms with Crippen molar-refractivity contribution in [1.29, 1.82) is 5.26 Å². The van der Waals surface area contributed by atoms with Crippen LogP contribution >= 0.6 is 23.2 Å². The van der Waals surface area contributed by atoms with Gasteiger partial charge in [0, 0.05) is 5.56 Å². The standard InChI is InChI=1S/C15H10Cl2N4O4/c1-7-9(5-18)14(24)21(6-12(22)23)15(25)13(7)20-19-8-2-3-10(16)11(17)4-8/h2-4,24H,6H2,1H3,(H,22,23). The van der Waals surface area contributed by atoms with Crippen molar-refractivity contribution >= 4 is 40.5 Å². The van der Waals surface area contributed by atoms with E-state index in [-0.39, 0.29) is 21.8 Å². The van der Waals surface area contributed by atoms with Gasteiger partial charge in [-0.25, -0.2) is 0 Å². The summed E-state index contributed by atoms with van der Waals surface area (Å²) in [6.07, 6.45) is 0. The maximum absolute atomic E-state index is 12.4. The van der Waals surface area contributed by atoms with E-state index in [1.165, 1.54) is 25.1 Å². The van der Waals surface area contributed by atoms with Crippen LogP contribution in [0.25, 0.3) is 0 Å². The number of nitriles is 1. The van der Waals surface area contributed by atoms with Gasteiger partial charge in [-0.1, -0.05) is 23.2 Å². The first-order valence-corrected chi connectivity index (χ1v) is 7.47. The fraction of sp³-hybridized carbons (Fsp3) is 0.133. The number of benzene rings is 1. The number of halogens is 2. The van der Waals surface area contributed by atoms with Crippen LogP contribution in [0.4, 0.5) is 11.4 Å². The zero-order chi connectivity index (χ0) is 18.7. The minimum absolute atomic E-state index is 0.0791. The molecule has 128 valence electrons. The summed E-state index contributed by atoms with van der Waals surface area (Å²) in [7, 11) is 0. The highest BCUT2D eigenvalue weighted by molar-refractivity contribution is 6.42. The second kappa shape index (κ2) is 7.34. The molecule has 0 spiro atoms. The zero-order valence-corrected chi connectivity index (χ0v) is 14.2. The van der Waals surface area contributed by atoms with E-state index < -0.39 is 24.0 Å². The van der Waals surface area contributed by atoms with Gasteiger partial charge in [0.05, 0.1) is 15.7 Å². The van der Waals surface area contributed by atoms with Crippen LogP contribution in [0.3, 0.4) is 0 Å². The summed E-state index contributed by atoms with van der Waals surface area (Å²) in [6, 6.07) is 6.14. The smallest absolute Gasteiger partial charge is 0.323 e. The van der Waals surface area contributed by atoms with Crippen LogP contribution < -0.4 is 5.56 Å². The van der Waals surface area contributed by atoms with Crippen molar-refractivity contribution in [2.75, 3.05) is 0 Å². The largest absolute Gasteiger partial charge is 0.493 e. The summed E-state index contributed by atoms with van der Waals surface area (Å²) < 4.78 is 0.539. The summed E-state index contributed by atoms with van der Waals surface area (Å²) in [4.78, 5) is 23.3. The number of aliphatic carboxylic acids is 1. The first kappa shape index (κ1) is 18.4. The van der Waals surface area contributed by atoms with Gasteiger partial charge in [0.2, 0.25) is 5.88 Å². The molecule has 2 rings (SSSR count). The number of aromatic hydroxyl groups is 1. The molecule has 0 aliphatic rings. The molecule has 0 unspecified atom stereocenters. The van der Waals surface area contributed by atoms with Crippen molar-refractivity contribution in [2.45, 2.75) is 13.5 Å². The number of pyridine rings is 1. The number of carboxylic acid groups (broad SMARTS) is 1. The molecular weight excluding hydrogens is 371 g/mol. The second-order valence-electron chi connectivity index (χ2n) is 4.87. The second-order valence-corrected chi connectivity index (χ2v) is 5.68. The molecule has 0 saturated heterocycles. The highest BCUT2D eigenvalue weighted by Crippen LogP contribution is 2.29. The molecule has 0 atom stereocenters. The summed E-state index contributed by atoms with van der Waals surface area (Å²) in [6.45, 7) is 0.572. The van der Waals surface area contributed by atoms with Crippen LogP contribution in [-0.4, -0.2) is 20.7 Å². The van der Waals surface area contributed by atoms with Crippen LogP contribution in [-0.2, 0) is 11.3 Å². The predicted octanol–water partition coefficient (Wildman–Crippen LogP) is 3.54. The van der Waals surface area contributed by atoms with Crippen LogP contribution in [0.5, 0.6) is 5.88 Å². The van der Waals surface area contributed by atoms with E-state index in [1.54, 1.807) is 6.07 Å². The number of nitrogens with zero attached hydrogens (tertiary/aromatic N) is 4. The molecule has 10 heteroatoms. The highest BCUT2D eigenvalue weighted by atomic mass is 35.5. The van der Waals surface area contributed by atoms with E-state index >= 15 is 0 Å². The Bertz CT molecular complexity index is 992. The van der Waals surface area contributed by atoms with Crippen molar-refractivity contribution < 1.29 is 15.0 Å². The molecule has 0 aliphatic carbocycles. The fourth-order valence-corrected chi connectivity index (χ4v) is 2.29. The maximum Gasteiger partial charge on any atom is 0.323 e.